The number of nitrogens with zero attached hydrogens (tertiary/aromatic N) is 3. The van der Waals surface area contributed by atoms with Crippen LogP contribution >= 0.6 is 11.6 Å². The molecule has 0 aliphatic carbocycles. The van der Waals surface area contributed by atoms with Gasteiger partial charge in [-0.1, -0.05) is 17.7 Å². The topological polar surface area (TPSA) is 75.3 Å². The molecule has 0 bridgehead atoms. The van der Waals surface area contributed by atoms with Gasteiger partial charge in [-0.3, -0.25) is 4.90 Å². The molecule has 0 unspecified atom stereocenters. The molecule has 3 heterocycles. The van der Waals surface area contributed by atoms with Gasteiger partial charge in [0.25, 0.3) is 0 Å². The number of halogens is 1. The van der Waals surface area contributed by atoms with Crippen LogP contribution in [0.1, 0.15) is 25.5 Å². The highest BCUT2D eigenvalue weighted by molar-refractivity contribution is 6.33. The lowest BCUT2D eigenvalue weighted by molar-refractivity contribution is 0.0198. The summed E-state index contributed by atoms with van der Waals surface area (Å²) >= 11 is 6.56. The molecule has 1 aromatic carbocycles. The first-order chi connectivity index (χ1) is 13.7. The summed E-state index contributed by atoms with van der Waals surface area (Å²) in [6, 6.07) is 8.24. The molecule has 1 aliphatic heterocycles. The van der Waals surface area contributed by atoms with Crippen LogP contribution in [0, 0.1) is 0 Å². The number of anilines is 2. The number of morpholine rings is 1. The molecule has 148 valence electrons. The van der Waals surface area contributed by atoms with Gasteiger partial charge >= 0.3 is 0 Å². The SMILES string of the molecule is CCOc1nc(Nc2ccc([C@H](C)N3CCOCC3)cc2Cl)nc2[nH]ccc12. The van der Waals surface area contributed by atoms with Crippen LogP contribution in [0.3, 0.4) is 0 Å². The van der Waals surface area contributed by atoms with E-state index in [9.17, 15) is 0 Å². The van der Waals surface area contributed by atoms with Gasteiger partial charge in [-0.15, -0.1) is 0 Å². The molecule has 0 amide bonds. The smallest absolute Gasteiger partial charge is 0.232 e. The average Bonchev–Trinajstić information content (AvgIpc) is 3.19. The Hall–Kier alpha value is -2.35. The fraction of sp³-hybridized carbons (Fsp3) is 0.400. The van der Waals surface area contributed by atoms with Crippen molar-refractivity contribution in [3.8, 4) is 5.88 Å². The molecular weight excluding hydrogens is 378 g/mol. The Morgan fingerprint density at radius 1 is 1.29 bits per heavy atom. The van der Waals surface area contributed by atoms with Crippen molar-refractivity contribution in [3.63, 3.8) is 0 Å². The first-order valence-corrected chi connectivity index (χ1v) is 9.89. The number of hydrogen-bond donors (Lipinski definition) is 2. The van der Waals surface area contributed by atoms with E-state index in [0.717, 1.165) is 43.0 Å². The molecule has 3 aromatic rings. The second kappa shape index (κ2) is 8.34. The summed E-state index contributed by atoms with van der Waals surface area (Å²) in [6.07, 6.45) is 1.82. The number of benzene rings is 1. The van der Waals surface area contributed by atoms with Crippen molar-refractivity contribution in [2.45, 2.75) is 19.9 Å². The van der Waals surface area contributed by atoms with Crippen LogP contribution in [0.5, 0.6) is 5.88 Å². The second-order valence-corrected chi connectivity index (χ2v) is 7.12. The van der Waals surface area contributed by atoms with Crippen molar-refractivity contribution in [3.05, 3.63) is 41.0 Å². The zero-order chi connectivity index (χ0) is 19.5. The van der Waals surface area contributed by atoms with Crippen LogP contribution in [0.2, 0.25) is 5.02 Å². The fourth-order valence-corrected chi connectivity index (χ4v) is 3.64. The maximum absolute atomic E-state index is 6.56. The Kier molecular flexibility index (Phi) is 5.66. The van der Waals surface area contributed by atoms with Crippen LogP contribution < -0.4 is 10.1 Å². The first-order valence-electron chi connectivity index (χ1n) is 9.52. The van der Waals surface area contributed by atoms with Crippen molar-refractivity contribution in [1.29, 1.82) is 0 Å². The van der Waals surface area contributed by atoms with Gasteiger partial charge in [0.2, 0.25) is 11.8 Å². The Morgan fingerprint density at radius 2 is 2.11 bits per heavy atom. The van der Waals surface area contributed by atoms with Gasteiger partial charge in [0.05, 0.1) is 35.9 Å². The lowest BCUT2D eigenvalue weighted by Crippen LogP contribution is -2.38. The molecule has 2 N–H and O–H groups in total. The van der Waals surface area contributed by atoms with Gasteiger partial charge < -0.3 is 19.8 Å². The maximum atomic E-state index is 6.56. The Labute approximate surface area is 169 Å². The standard InChI is InChI=1S/C20H24ClN5O2/c1-3-28-19-15-6-7-22-18(15)24-20(25-19)23-17-5-4-14(12-16(17)21)13(2)26-8-10-27-11-9-26/h4-7,12-13H,3,8-11H2,1-2H3,(H2,22,23,24,25)/t13-/m0/s1. The molecule has 1 saturated heterocycles. The van der Waals surface area contributed by atoms with E-state index in [1.54, 1.807) is 0 Å². The summed E-state index contributed by atoms with van der Waals surface area (Å²) in [4.78, 5) is 14.5. The van der Waals surface area contributed by atoms with E-state index in [1.807, 2.05) is 31.3 Å². The largest absolute Gasteiger partial charge is 0.477 e. The van der Waals surface area contributed by atoms with E-state index in [4.69, 9.17) is 21.1 Å². The molecule has 0 radical (unpaired) electrons. The van der Waals surface area contributed by atoms with Gasteiger partial charge in [-0.05, 0) is 37.6 Å². The summed E-state index contributed by atoms with van der Waals surface area (Å²) in [6.45, 7) is 8.08. The third-order valence-corrected chi connectivity index (χ3v) is 5.29. The third kappa shape index (κ3) is 3.92. The minimum atomic E-state index is 0.284. The molecule has 28 heavy (non-hydrogen) atoms. The van der Waals surface area contributed by atoms with Gasteiger partial charge in [0, 0.05) is 25.3 Å². The van der Waals surface area contributed by atoms with Gasteiger partial charge in [0.1, 0.15) is 5.65 Å². The number of fused-ring (bicyclic) bond motifs is 1. The molecule has 0 spiro atoms. The molecule has 2 aromatic heterocycles. The van der Waals surface area contributed by atoms with Crippen LogP contribution in [0.4, 0.5) is 11.6 Å². The lowest BCUT2D eigenvalue weighted by atomic mass is 10.1. The molecule has 7 nitrogen and oxygen atoms in total. The van der Waals surface area contributed by atoms with E-state index in [-0.39, 0.29) is 6.04 Å². The van der Waals surface area contributed by atoms with Crippen LogP contribution in [0.25, 0.3) is 11.0 Å². The minimum absolute atomic E-state index is 0.284. The van der Waals surface area contributed by atoms with Crippen molar-refractivity contribution < 1.29 is 9.47 Å². The molecule has 8 heteroatoms. The number of hydrogen-bond acceptors (Lipinski definition) is 6. The molecule has 1 aliphatic rings. The summed E-state index contributed by atoms with van der Waals surface area (Å²) in [5.74, 6) is 0.985. The average molecular weight is 402 g/mol. The van der Waals surface area contributed by atoms with E-state index < -0.39 is 0 Å². The van der Waals surface area contributed by atoms with Crippen molar-refractivity contribution in [2.75, 3.05) is 38.2 Å². The van der Waals surface area contributed by atoms with Gasteiger partial charge in [-0.2, -0.15) is 9.97 Å². The highest BCUT2D eigenvalue weighted by atomic mass is 35.5. The third-order valence-electron chi connectivity index (χ3n) is 4.98. The highest BCUT2D eigenvalue weighted by Gasteiger charge is 2.19. The minimum Gasteiger partial charge on any atom is -0.477 e. The number of nitrogens with one attached hydrogen (secondary N) is 2. The monoisotopic (exact) mass is 401 g/mol. The molecule has 0 saturated carbocycles. The summed E-state index contributed by atoms with van der Waals surface area (Å²) in [5, 5.41) is 4.70. The molecule has 1 atom stereocenters. The Balaban J connectivity index is 1.56. The van der Waals surface area contributed by atoms with E-state index in [1.165, 1.54) is 5.56 Å². The molecule has 4 rings (SSSR count). The number of H-pyrrole nitrogens is 1. The fourth-order valence-electron chi connectivity index (χ4n) is 3.40. The van der Waals surface area contributed by atoms with Crippen LogP contribution in [-0.2, 0) is 4.74 Å². The lowest BCUT2D eigenvalue weighted by Gasteiger charge is -2.32. The Bertz CT molecular complexity index is 955. The second-order valence-electron chi connectivity index (χ2n) is 6.71. The normalized spacial score (nSPS) is 16.2. The van der Waals surface area contributed by atoms with Crippen molar-refractivity contribution >= 4 is 34.3 Å². The Morgan fingerprint density at radius 3 is 2.86 bits per heavy atom. The molecule has 1 fully saturated rings. The van der Waals surface area contributed by atoms with Gasteiger partial charge in [0.15, 0.2) is 0 Å². The summed E-state index contributed by atoms with van der Waals surface area (Å²) in [5.41, 5.74) is 2.65. The number of rotatable bonds is 6. The summed E-state index contributed by atoms with van der Waals surface area (Å²) < 4.78 is 11.1. The predicted octanol–water partition coefficient (Wildman–Crippen LogP) is 4.15. The predicted molar refractivity (Wildman–Crippen MR) is 111 cm³/mol. The van der Waals surface area contributed by atoms with E-state index in [2.05, 4.69) is 38.2 Å². The summed E-state index contributed by atoms with van der Waals surface area (Å²) in [7, 11) is 0. The highest BCUT2D eigenvalue weighted by Crippen LogP contribution is 2.31. The number of ether oxygens (including phenoxy) is 2. The van der Waals surface area contributed by atoms with E-state index >= 15 is 0 Å². The van der Waals surface area contributed by atoms with Gasteiger partial charge in [-0.25, -0.2) is 0 Å². The quantitative estimate of drug-likeness (QED) is 0.646. The maximum Gasteiger partial charge on any atom is 0.232 e. The van der Waals surface area contributed by atoms with Crippen molar-refractivity contribution in [1.82, 2.24) is 19.9 Å². The van der Waals surface area contributed by atoms with E-state index in [0.29, 0.717) is 23.5 Å². The van der Waals surface area contributed by atoms with Crippen LogP contribution in [-0.4, -0.2) is 52.8 Å². The number of aromatic amines is 1. The van der Waals surface area contributed by atoms with Crippen molar-refractivity contribution in [2.24, 2.45) is 0 Å². The zero-order valence-electron chi connectivity index (χ0n) is 16.0. The number of aromatic nitrogens is 3. The first kappa shape index (κ1) is 19.0. The van der Waals surface area contributed by atoms with Crippen LogP contribution in [0.15, 0.2) is 30.5 Å². The zero-order valence-corrected chi connectivity index (χ0v) is 16.8. The molecular formula is C20H24ClN5O2.